The van der Waals surface area contributed by atoms with Crippen LogP contribution in [0.4, 0.5) is 0 Å². The Labute approximate surface area is 118 Å². The number of hydrogen-bond acceptors (Lipinski definition) is 4. The second-order valence-electron chi connectivity index (χ2n) is 5.40. The van der Waals surface area contributed by atoms with Crippen molar-refractivity contribution in [3.63, 3.8) is 0 Å². The lowest BCUT2D eigenvalue weighted by Gasteiger charge is -2.27. The third-order valence-corrected chi connectivity index (χ3v) is 4.05. The molecule has 102 valence electrons. The van der Waals surface area contributed by atoms with Crippen molar-refractivity contribution in [2.45, 2.75) is 38.5 Å². The lowest BCUT2D eigenvalue weighted by molar-refractivity contribution is 0.369. The molecule has 3 rings (SSSR count). The topological polar surface area (TPSA) is 62.7 Å². The Morgan fingerprint density at radius 2 is 1.95 bits per heavy atom. The highest BCUT2D eigenvalue weighted by Crippen LogP contribution is 2.37. The van der Waals surface area contributed by atoms with Crippen molar-refractivity contribution in [2.24, 2.45) is 5.92 Å². The highest BCUT2D eigenvalue weighted by Gasteiger charge is 2.26. The summed E-state index contributed by atoms with van der Waals surface area (Å²) in [5.74, 6) is 1.71. The summed E-state index contributed by atoms with van der Waals surface area (Å²) >= 11 is 0. The van der Waals surface area contributed by atoms with Gasteiger partial charge >= 0.3 is 0 Å². The smallest absolute Gasteiger partial charge is 0.257 e. The van der Waals surface area contributed by atoms with Gasteiger partial charge in [0.1, 0.15) is 0 Å². The van der Waals surface area contributed by atoms with Gasteiger partial charge in [-0.3, -0.25) is 0 Å². The minimum atomic E-state index is 0.153. The van der Waals surface area contributed by atoms with Crippen LogP contribution in [0.5, 0.6) is 0 Å². The molecule has 20 heavy (non-hydrogen) atoms. The first-order chi connectivity index (χ1) is 9.78. The van der Waals surface area contributed by atoms with Gasteiger partial charge < -0.3 is 4.52 Å². The van der Waals surface area contributed by atoms with Crippen LogP contribution in [0.3, 0.4) is 0 Å². The van der Waals surface area contributed by atoms with Crippen LogP contribution >= 0.6 is 0 Å². The van der Waals surface area contributed by atoms with Crippen LogP contribution in [-0.4, -0.2) is 10.1 Å². The van der Waals surface area contributed by atoms with Crippen LogP contribution in [0.15, 0.2) is 28.8 Å². The molecule has 2 unspecified atom stereocenters. The number of aryl methyl sites for hydroxylation is 1. The lowest BCUT2D eigenvalue weighted by Crippen LogP contribution is -2.16. The molecule has 0 saturated heterocycles. The molecule has 1 saturated carbocycles. The number of aromatic nitrogens is 2. The minimum absolute atomic E-state index is 0.153. The predicted octanol–water partition coefficient (Wildman–Crippen LogP) is 3.84. The van der Waals surface area contributed by atoms with Crippen LogP contribution < -0.4 is 0 Å². The fourth-order valence-corrected chi connectivity index (χ4v) is 2.97. The maximum Gasteiger partial charge on any atom is 0.257 e. The molecule has 0 amide bonds. The first-order valence-electron chi connectivity index (χ1n) is 7.08. The van der Waals surface area contributed by atoms with Gasteiger partial charge in [0.05, 0.1) is 12.0 Å². The average Bonchev–Trinajstić information content (AvgIpc) is 2.94. The molecule has 0 spiro atoms. The summed E-state index contributed by atoms with van der Waals surface area (Å²) < 4.78 is 5.16. The lowest BCUT2D eigenvalue weighted by atomic mass is 9.76. The summed E-state index contributed by atoms with van der Waals surface area (Å²) in [6.45, 7) is 1.81. The van der Waals surface area contributed by atoms with Gasteiger partial charge in [0, 0.05) is 5.56 Å². The third kappa shape index (κ3) is 2.44. The Kier molecular flexibility index (Phi) is 3.51. The van der Waals surface area contributed by atoms with E-state index in [1.54, 1.807) is 6.92 Å². The third-order valence-electron chi connectivity index (χ3n) is 4.05. The molecule has 0 radical (unpaired) electrons. The molecule has 2 atom stereocenters. The van der Waals surface area contributed by atoms with Gasteiger partial charge in [0.2, 0.25) is 0 Å². The van der Waals surface area contributed by atoms with Gasteiger partial charge in [-0.1, -0.05) is 30.1 Å². The molecule has 1 heterocycles. The second-order valence-corrected chi connectivity index (χ2v) is 5.40. The highest BCUT2D eigenvalue weighted by molar-refractivity contribution is 5.53. The second kappa shape index (κ2) is 5.46. The van der Waals surface area contributed by atoms with E-state index in [4.69, 9.17) is 4.52 Å². The van der Waals surface area contributed by atoms with E-state index in [9.17, 15) is 5.26 Å². The molecule has 1 aromatic heterocycles. The van der Waals surface area contributed by atoms with Crippen molar-refractivity contribution < 1.29 is 4.52 Å². The summed E-state index contributed by atoms with van der Waals surface area (Å²) in [5.41, 5.74) is 2.18. The molecule has 1 fully saturated rings. The van der Waals surface area contributed by atoms with Crippen molar-refractivity contribution in [1.82, 2.24) is 10.1 Å². The van der Waals surface area contributed by atoms with E-state index < -0.39 is 0 Å². The zero-order valence-electron chi connectivity index (χ0n) is 11.5. The van der Waals surface area contributed by atoms with Crippen LogP contribution in [0.2, 0.25) is 0 Å². The van der Waals surface area contributed by atoms with Crippen molar-refractivity contribution in [3.8, 4) is 17.5 Å². The number of nitriles is 1. The molecule has 0 aliphatic heterocycles. The molecular weight excluding hydrogens is 250 g/mol. The van der Waals surface area contributed by atoms with E-state index >= 15 is 0 Å². The molecule has 4 heteroatoms. The van der Waals surface area contributed by atoms with Gasteiger partial charge in [-0.2, -0.15) is 10.2 Å². The standard InChI is InChI=1S/C16H17N3O/c1-11-18-16(20-19-11)13-8-6-12(7-9-13)15-5-3-2-4-14(15)10-17/h6-9,14-15H,2-5H2,1H3. The Hall–Kier alpha value is -2.15. The normalized spacial score (nSPS) is 22.4. The molecule has 1 aliphatic rings. The Balaban J connectivity index is 1.84. The summed E-state index contributed by atoms with van der Waals surface area (Å²) in [6.07, 6.45) is 4.52. The number of nitrogens with zero attached hydrogens (tertiary/aromatic N) is 3. The first kappa shape index (κ1) is 12.9. The van der Waals surface area contributed by atoms with Crippen molar-refractivity contribution in [2.75, 3.05) is 0 Å². The molecule has 0 N–H and O–H groups in total. The van der Waals surface area contributed by atoms with E-state index in [-0.39, 0.29) is 5.92 Å². The maximum atomic E-state index is 9.27. The Morgan fingerprint density at radius 3 is 2.60 bits per heavy atom. The monoisotopic (exact) mass is 267 g/mol. The zero-order chi connectivity index (χ0) is 13.9. The minimum Gasteiger partial charge on any atom is -0.334 e. The van der Waals surface area contributed by atoms with Crippen molar-refractivity contribution >= 4 is 0 Å². The summed E-state index contributed by atoms with van der Waals surface area (Å²) in [6, 6.07) is 10.7. The van der Waals surface area contributed by atoms with E-state index in [1.807, 2.05) is 12.1 Å². The fourth-order valence-electron chi connectivity index (χ4n) is 2.97. The van der Waals surface area contributed by atoms with Gasteiger partial charge in [0.15, 0.2) is 5.82 Å². The fraction of sp³-hybridized carbons (Fsp3) is 0.438. The predicted molar refractivity (Wildman–Crippen MR) is 74.8 cm³/mol. The molecule has 1 aliphatic carbocycles. The quantitative estimate of drug-likeness (QED) is 0.829. The first-order valence-corrected chi connectivity index (χ1v) is 7.08. The zero-order valence-corrected chi connectivity index (χ0v) is 11.5. The number of benzene rings is 1. The van der Waals surface area contributed by atoms with E-state index in [2.05, 4.69) is 28.3 Å². The number of rotatable bonds is 2. The summed E-state index contributed by atoms with van der Waals surface area (Å²) in [4.78, 5) is 4.22. The summed E-state index contributed by atoms with van der Waals surface area (Å²) in [5, 5.41) is 13.1. The Morgan fingerprint density at radius 1 is 1.20 bits per heavy atom. The molecule has 0 bridgehead atoms. The highest BCUT2D eigenvalue weighted by atomic mass is 16.5. The van der Waals surface area contributed by atoms with Gasteiger partial charge in [-0.15, -0.1) is 0 Å². The molecule has 1 aromatic carbocycles. The van der Waals surface area contributed by atoms with Gasteiger partial charge in [0.25, 0.3) is 5.89 Å². The number of hydrogen-bond donors (Lipinski definition) is 0. The van der Waals surface area contributed by atoms with Crippen LogP contribution in [-0.2, 0) is 0 Å². The Bertz CT molecular complexity index is 624. The van der Waals surface area contributed by atoms with Crippen LogP contribution in [0.25, 0.3) is 11.5 Å². The van der Waals surface area contributed by atoms with Gasteiger partial charge in [-0.25, -0.2) is 0 Å². The van der Waals surface area contributed by atoms with E-state index in [1.165, 1.54) is 18.4 Å². The molecule has 2 aromatic rings. The maximum absolute atomic E-state index is 9.27. The van der Waals surface area contributed by atoms with Gasteiger partial charge in [-0.05, 0) is 43.4 Å². The van der Waals surface area contributed by atoms with Crippen molar-refractivity contribution in [3.05, 3.63) is 35.7 Å². The van der Waals surface area contributed by atoms with E-state index in [0.29, 0.717) is 17.6 Å². The average molecular weight is 267 g/mol. The molecule has 4 nitrogen and oxygen atoms in total. The van der Waals surface area contributed by atoms with Crippen LogP contribution in [0, 0.1) is 24.2 Å². The van der Waals surface area contributed by atoms with Crippen LogP contribution in [0.1, 0.15) is 43.0 Å². The SMILES string of the molecule is Cc1noc(-c2ccc(C3CCCCC3C#N)cc2)n1. The van der Waals surface area contributed by atoms with E-state index in [0.717, 1.165) is 18.4 Å². The largest absolute Gasteiger partial charge is 0.334 e. The summed E-state index contributed by atoms with van der Waals surface area (Å²) in [7, 11) is 0. The van der Waals surface area contributed by atoms with Crippen molar-refractivity contribution in [1.29, 1.82) is 5.26 Å². The molecular formula is C16H17N3O.